The zero-order chi connectivity index (χ0) is 19.3. The molecule has 28 heavy (non-hydrogen) atoms. The van der Waals surface area contributed by atoms with Gasteiger partial charge < -0.3 is 5.32 Å². The first-order valence-electron chi connectivity index (χ1n) is 8.72. The Hall–Kier alpha value is -4.00. The van der Waals surface area contributed by atoms with E-state index in [1.54, 1.807) is 18.5 Å². The molecule has 2 aromatic heterocycles. The van der Waals surface area contributed by atoms with Crippen LogP contribution in [0.3, 0.4) is 0 Å². The fraction of sp³-hybridized carbons (Fsp3) is 0.0476. The van der Waals surface area contributed by atoms with E-state index in [-0.39, 0.29) is 17.2 Å². The lowest BCUT2D eigenvalue weighted by atomic mass is 10.1. The van der Waals surface area contributed by atoms with Gasteiger partial charge in [0.1, 0.15) is 5.69 Å². The molecule has 0 radical (unpaired) electrons. The lowest BCUT2D eigenvalue weighted by Gasteiger charge is -2.09. The third-order valence-electron chi connectivity index (χ3n) is 4.23. The number of nitrogens with zero attached hydrogens (tertiary/aromatic N) is 3. The molecular weight excluding hydrogens is 354 g/mol. The van der Waals surface area contributed by atoms with Gasteiger partial charge in [0.25, 0.3) is 11.5 Å². The predicted octanol–water partition coefficient (Wildman–Crippen LogP) is 2.93. The van der Waals surface area contributed by atoms with Crippen molar-refractivity contribution in [3.63, 3.8) is 0 Å². The third-order valence-corrected chi connectivity index (χ3v) is 4.23. The molecule has 0 saturated carbocycles. The molecule has 0 aliphatic rings. The highest BCUT2D eigenvalue weighted by Gasteiger charge is 2.11. The second kappa shape index (κ2) is 7.71. The maximum absolute atomic E-state index is 12.6. The highest BCUT2D eigenvalue weighted by atomic mass is 16.2. The SMILES string of the molecule is O=C(Nc1cccc(-c2cn[nH]c2)c1)c1ccc(=O)n(Cc2ccccc2)n1. The molecule has 0 saturated heterocycles. The topological polar surface area (TPSA) is 92.7 Å². The van der Waals surface area contributed by atoms with E-state index in [9.17, 15) is 9.59 Å². The number of aromatic nitrogens is 4. The smallest absolute Gasteiger partial charge is 0.276 e. The monoisotopic (exact) mass is 371 g/mol. The highest BCUT2D eigenvalue weighted by Crippen LogP contribution is 2.21. The molecule has 4 aromatic rings. The number of H-pyrrole nitrogens is 1. The van der Waals surface area contributed by atoms with Crippen LogP contribution < -0.4 is 10.9 Å². The molecule has 0 aliphatic carbocycles. The maximum Gasteiger partial charge on any atom is 0.276 e. The van der Waals surface area contributed by atoms with Gasteiger partial charge in [-0.2, -0.15) is 10.2 Å². The molecule has 2 aromatic carbocycles. The molecular formula is C21H17N5O2. The summed E-state index contributed by atoms with van der Waals surface area (Å²) in [5.41, 5.74) is 3.32. The van der Waals surface area contributed by atoms with E-state index in [1.807, 2.05) is 48.5 Å². The van der Waals surface area contributed by atoms with Gasteiger partial charge in [-0.3, -0.25) is 14.7 Å². The molecule has 0 atom stereocenters. The summed E-state index contributed by atoms with van der Waals surface area (Å²) < 4.78 is 1.28. The fourth-order valence-corrected chi connectivity index (χ4v) is 2.82. The summed E-state index contributed by atoms with van der Waals surface area (Å²) in [6.07, 6.45) is 3.49. The number of carbonyl (C=O) groups is 1. The van der Waals surface area contributed by atoms with Gasteiger partial charge in [0, 0.05) is 23.5 Å². The number of aromatic amines is 1. The van der Waals surface area contributed by atoms with E-state index in [1.165, 1.54) is 16.8 Å². The van der Waals surface area contributed by atoms with Crippen molar-refractivity contribution in [3.8, 4) is 11.1 Å². The molecule has 138 valence electrons. The second-order valence-electron chi connectivity index (χ2n) is 6.22. The van der Waals surface area contributed by atoms with E-state index >= 15 is 0 Å². The molecule has 0 bridgehead atoms. The normalized spacial score (nSPS) is 10.6. The van der Waals surface area contributed by atoms with Crippen LogP contribution in [0.2, 0.25) is 0 Å². The molecule has 4 rings (SSSR count). The van der Waals surface area contributed by atoms with Crippen molar-refractivity contribution < 1.29 is 4.79 Å². The standard InChI is InChI=1S/C21H17N5O2/c27-20-10-9-19(25-26(20)14-15-5-2-1-3-6-15)21(28)24-18-8-4-7-16(11-18)17-12-22-23-13-17/h1-13H,14H2,(H,22,23)(H,24,28). The molecule has 0 unspecified atom stereocenters. The van der Waals surface area contributed by atoms with E-state index < -0.39 is 0 Å². The van der Waals surface area contributed by atoms with E-state index in [2.05, 4.69) is 20.6 Å². The van der Waals surface area contributed by atoms with Crippen LogP contribution in [0.15, 0.2) is 83.9 Å². The average Bonchev–Trinajstić information content (AvgIpc) is 3.25. The molecule has 2 heterocycles. The van der Waals surface area contributed by atoms with Crippen molar-refractivity contribution in [2.24, 2.45) is 0 Å². The van der Waals surface area contributed by atoms with Crippen LogP contribution in [-0.2, 0) is 6.54 Å². The van der Waals surface area contributed by atoms with Crippen LogP contribution in [0.4, 0.5) is 5.69 Å². The summed E-state index contributed by atoms with van der Waals surface area (Å²) in [5.74, 6) is -0.383. The summed E-state index contributed by atoms with van der Waals surface area (Å²) in [4.78, 5) is 24.7. The Balaban J connectivity index is 1.55. The molecule has 2 N–H and O–H groups in total. The Morgan fingerprint density at radius 1 is 1.00 bits per heavy atom. The van der Waals surface area contributed by atoms with Crippen molar-refractivity contribution in [2.75, 3.05) is 5.32 Å². The van der Waals surface area contributed by atoms with E-state index in [0.29, 0.717) is 12.2 Å². The number of amides is 1. The average molecular weight is 371 g/mol. The van der Waals surface area contributed by atoms with Gasteiger partial charge in [0.2, 0.25) is 0 Å². The van der Waals surface area contributed by atoms with Gasteiger partial charge in [-0.25, -0.2) is 4.68 Å². The molecule has 1 amide bonds. The number of carbonyl (C=O) groups excluding carboxylic acids is 1. The van der Waals surface area contributed by atoms with Crippen LogP contribution in [0.25, 0.3) is 11.1 Å². The van der Waals surface area contributed by atoms with Gasteiger partial charge in [-0.05, 0) is 29.3 Å². The zero-order valence-corrected chi connectivity index (χ0v) is 14.9. The molecule has 7 nitrogen and oxygen atoms in total. The molecule has 0 spiro atoms. The van der Waals surface area contributed by atoms with Gasteiger partial charge in [0.05, 0.1) is 12.7 Å². The summed E-state index contributed by atoms with van der Waals surface area (Å²) in [6, 6.07) is 19.7. The zero-order valence-electron chi connectivity index (χ0n) is 14.9. The summed E-state index contributed by atoms with van der Waals surface area (Å²) in [6.45, 7) is 0.302. The molecule has 0 fully saturated rings. The number of rotatable bonds is 5. The number of benzene rings is 2. The van der Waals surface area contributed by atoms with Crippen molar-refractivity contribution >= 4 is 11.6 Å². The Bertz CT molecular complexity index is 1150. The molecule has 7 heteroatoms. The van der Waals surface area contributed by atoms with Gasteiger partial charge in [0.15, 0.2) is 0 Å². The second-order valence-corrected chi connectivity index (χ2v) is 6.22. The maximum atomic E-state index is 12.6. The quantitative estimate of drug-likeness (QED) is 0.564. The van der Waals surface area contributed by atoms with Crippen molar-refractivity contribution in [3.05, 3.63) is 101 Å². The van der Waals surface area contributed by atoms with Gasteiger partial charge in [-0.15, -0.1) is 0 Å². The van der Waals surface area contributed by atoms with E-state index in [4.69, 9.17) is 0 Å². The highest BCUT2D eigenvalue weighted by molar-refractivity contribution is 6.03. The van der Waals surface area contributed by atoms with Crippen LogP contribution in [0.5, 0.6) is 0 Å². The number of hydrogen-bond donors (Lipinski definition) is 2. The van der Waals surface area contributed by atoms with Crippen LogP contribution in [-0.4, -0.2) is 25.9 Å². The van der Waals surface area contributed by atoms with Crippen LogP contribution >= 0.6 is 0 Å². The van der Waals surface area contributed by atoms with Gasteiger partial charge in [-0.1, -0.05) is 42.5 Å². The van der Waals surface area contributed by atoms with Crippen molar-refractivity contribution in [1.82, 2.24) is 20.0 Å². The van der Waals surface area contributed by atoms with E-state index in [0.717, 1.165) is 16.7 Å². The summed E-state index contributed by atoms with van der Waals surface area (Å²) >= 11 is 0. The first kappa shape index (κ1) is 17.4. The Labute approximate surface area is 160 Å². The number of hydrogen-bond acceptors (Lipinski definition) is 4. The minimum atomic E-state index is -0.383. The summed E-state index contributed by atoms with van der Waals surface area (Å²) in [7, 11) is 0. The summed E-state index contributed by atoms with van der Waals surface area (Å²) in [5, 5.41) is 13.7. The largest absolute Gasteiger partial charge is 0.321 e. The van der Waals surface area contributed by atoms with Crippen LogP contribution in [0.1, 0.15) is 16.1 Å². The Morgan fingerprint density at radius 2 is 1.86 bits per heavy atom. The minimum absolute atomic E-state index is 0.171. The number of anilines is 1. The van der Waals surface area contributed by atoms with Gasteiger partial charge >= 0.3 is 0 Å². The lowest BCUT2D eigenvalue weighted by Crippen LogP contribution is -2.26. The Kier molecular flexibility index (Phi) is 4.79. The minimum Gasteiger partial charge on any atom is -0.321 e. The Morgan fingerprint density at radius 3 is 2.64 bits per heavy atom. The molecule has 0 aliphatic heterocycles. The first-order valence-corrected chi connectivity index (χ1v) is 8.72. The van der Waals surface area contributed by atoms with Crippen LogP contribution in [0, 0.1) is 0 Å². The number of nitrogens with one attached hydrogen (secondary N) is 2. The van der Waals surface area contributed by atoms with Crippen molar-refractivity contribution in [1.29, 1.82) is 0 Å². The van der Waals surface area contributed by atoms with Crippen molar-refractivity contribution in [2.45, 2.75) is 6.54 Å². The fourth-order valence-electron chi connectivity index (χ4n) is 2.82. The first-order chi connectivity index (χ1) is 13.7. The third kappa shape index (κ3) is 3.88. The predicted molar refractivity (Wildman–Crippen MR) is 106 cm³/mol. The lowest BCUT2D eigenvalue weighted by molar-refractivity contribution is 0.102.